The number of carbonyl (C=O) groups excluding carboxylic acids is 1. The molecule has 0 bridgehead atoms. The number of likely N-dealkylation sites (tertiary alicyclic amines) is 1. The molecule has 1 unspecified atom stereocenters. The van der Waals surface area contributed by atoms with E-state index in [0.717, 1.165) is 44.8 Å². The van der Waals surface area contributed by atoms with E-state index in [0.29, 0.717) is 13.2 Å². The molecule has 1 amide bonds. The highest BCUT2D eigenvalue weighted by Crippen LogP contribution is 2.31. The van der Waals surface area contributed by atoms with Gasteiger partial charge in [0, 0.05) is 13.7 Å². The first-order valence-electron chi connectivity index (χ1n) is 10.0. The quantitative estimate of drug-likeness (QED) is 0.727. The van der Waals surface area contributed by atoms with Crippen LogP contribution >= 0.6 is 0 Å². The first kappa shape index (κ1) is 20.1. The summed E-state index contributed by atoms with van der Waals surface area (Å²) in [6, 6.07) is 8.38. The SMILES string of the molecule is COCC1(C(=O)NCC(c2cccc(OC)c2)N2CCCC2)CCNCC1. The zero-order valence-corrected chi connectivity index (χ0v) is 16.6. The number of nitrogens with one attached hydrogen (secondary N) is 2. The second-order valence-corrected chi connectivity index (χ2v) is 7.71. The van der Waals surface area contributed by atoms with Gasteiger partial charge in [-0.15, -0.1) is 0 Å². The maximum absolute atomic E-state index is 13.1. The van der Waals surface area contributed by atoms with Crippen LogP contribution in [0.5, 0.6) is 5.75 Å². The molecule has 6 nitrogen and oxygen atoms in total. The fourth-order valence-electron chi connectivity index (χ4n) is 4.36. The highest BCUT2D eigenvalue weighted by molar-refractivity contribution is 5.83. The highest BCUT2D eigenvalue weighted by atomic mass is 16.5. The normalized spacial score (nSPS) is 21.0. The van der Waals surface area contributed by atoms with Gasteiger partial charge in [-0.25, -0.2) is 0 Å². The largest absolute Gasteiger partial charge is 0.497 e. The molecule has 27 heavy (non-hydrogen) atoms. The average molecular weight is 376 g/mol. The molecular weight excluding hydrogens is 342 g/mol. The van der Waals surface area contributed by atoms with Crippen LogP contribution < -0.4 is 15.4 Å². The second kappa shape index (κ2) is 9.53. The van der Waals surface area contributed by atoms with Crippen molar-refractivity contribution < 1.29 is 14.3 Å². The van der Waals surface area contributed by atoms with Gasteiger partial charge in [-0.1, -0.05) is 12.1 Å². The predicted octanol–water partition coefficient (Wildman–Crippen LogP) is 1.96. The minimum atomic E-state index is -0.413. The molecule has 1 aromatic carbocycles. The standard InChI is InChI=1S/C21H33N3O3/c1-26-16-21(8-10-22-11-9-21)20(25)23-15-19(24-12-3-4-13-24)17-6-5-7-18(14-17)27-2/h5-7,14,19,22H,3-4,8-13,15-16H2,1-2H3,(H,23,25). The molecule has 2 N–H and O–H groups in total. The fraction of sp³-hybridized carbons (Fsp3) is 0.667. The number of hydrogen-bond acceptors (Lipinski definition) is 5. The summed E-state index contributed by atoms with van der Waals surface area (Å²) in [6.45, 7) is 4.97. The van der Waals surface area contributed by atoms with Gasteiger partial charge in [-0.05, 0) is 69.6 Å². The number of nitrogens with zero attached hydrogens (tertiary/aromatic N) is 1. The Labute approximate surface area is 162 Å². The van der Waals surface area contributed by atoms with Crippen LogP contribution in [-0.4, -0.2) is 64.4 Å². The van der Waals surface area contributed by atoms with Gasteiger partial charge in [0.05, 0.1) is 25.2 Å². The van der Waals surface area contributed by atoms with Crippen LogP contribution in [0.3, 0.4) is 0 Å². The van der Waals surface area contributed by atoms with Crippen LogP contribution in [0.25, 0.3) is 0 Å². The van der Waals surface area contributed by atoms with Gasteiger partial charge < -0.3 is 20.1 Å². The van der Waals surface area contributed by atoms with Crippen molar-refractivity contribution in [1.82, 2.24) is 15.5 Å². The number of rotatable bonds is 8. The zero-order chi connectivity index (χ0) is 19.1. The van der Waals surface area contributed by atoms with Crippen molar-refractivity contribution in [2.24, 2.45) is 5.41 Å². The Bertz CT molecular complexity index is 605. The first-order valence-corrected chi connectivity index (χ1v) is 10.0. The van der Waals surface area contributed by atoms with E-state index in [1.165, 1.54) is 18.4 Å². The lowest BCUT2D eigenvalue weighted by atomic mass is 9.78. The van der Waals surface area contributed by atoms with E-state index in [1.807, 2.05) is 12.1 Å². The van der Waals surface area contributed by atoms with E-state index >= 15 is 0 Å². The molecular formula is C21H33N3O3. The van der Waals surface area contributed by atoms with Crippen LogP contribution in [0.15, 0.2) is 24.3 Å². The Morgan fingerprint density at radius 1 is 1.26 bits per heavy atom. The van der Waals surface area contributed by atoms with Gasteiger partial charge in [-0.2, -0.15) is 0 Å². The topological polar surface area (TPSA) is 62.8 Å². The van der Waals surface area contributed by atoms with Crippen molar-refractivity contribution in [3.05, 3.63) is 29.8 Å². The molecule has 0 radical (unpaired) electrons. The lowest BCUT2D eigenvalue weighted by molar-refractivity contribution is -0.136. The summed E-state index contributed by atoms with van der Waals surface area (Å²) in [6.07, 6.45) is 4.07. The molecule has 2 aliphatic heterocycles. The van der Waals surface area contributed by atoms with Gasteiger partial charge in [-0.3, -0.25) is 9.69 Å². The van der Waals surface area contributed by atoms with Crippen LogP contribution in [-0.2, 0) is 9.53 Å². The molecule has 0 aromatic heterocycles. The Morgan fingerprint density at radius 3 is 2.67 bits per heavy atom. The predicted molar refractivity (Wildman–Crippen MR) is 106 cm³/mol. The Kier molecular flexibility index (Phi) is 7.10. The maximum Gasteiger partial charge on any atom is 0.228 e. The summed E-state index contributed by atoms with van der Waals surface area (Å²) < 4.78 is 10.8. The molecule has 6 heteroatoms. The molecule has 2 aliphatic rings. The number of piperidine rings is 1. The second-order valence-electron chi connectivity index (χ2n) is 7.71. The summed E-state index contributed by atoms with van der Waals surface area (Å²) in [5.74, 6) is 0.982. The van der Waals surface area contributed by atoms with E-state index in [9.17, 15) is 4.79 Å². The third-order valence-electron chi connectivity index (χ3n) is 5.98. The Balaban J connectivity index is 1.72. The lowest BCUT2D eigenvalue weighted by Gasteiger charge is -2.36. The van der Waals surface area contributed by atoms with Crippen LogP contribution in [0, 0.1) is 5.41 Å². The smallest absolute Gasteiger partial charge is 0.228 e. The van der Waals surface area contributed by atoms with Crippen LogP contribution in [0.2, 0.25) is 0 Å². The molecule has 150 valence electrons. The number of hydrogen-bond donors (Lipinski definition) is 2. The van der Waals surface area contributed by atoms with E-state index in [-0.39, 0.29) is 11.9 Å². The Morgan fingerprint density at radius 2 is 2.00 bits per heavy atom. The van der Waals surface area contributed by atoms with Crippen molar-refractivity contribution >= 4 is 5.91 Å². The molecule has 1 atom stereocenters. The summed E-state index contributed by atoms with van der Waals surface area (Å²) >= 11 is 0. The molecule has 1 aromatic rings. The maximum atomic E-state index is 13.1. The first-order chi connectivity index (χ1) is 13.2. The number of amides is 1. The van der Waals surface area contributed by atoms with E-state index in [4.69, 9.17) is 9.47 Å². The van der Waals surface area contributed by atoms with Crippen LogP contribution in [0.1, 0.15) is 37.3 Å². The summed E-state index contributed by atoms with van der Waals surface area (Å²) in [7, 11) is 3.37. The zero-order valence-electron chi connectivity index (χ0n) is 16.6. The number of methoxy groups -OCH3 is 2. The van der Waals surface area contributed by atoms with Crippen molar-refractivity contribution in [1.29, 1.82) is 0 Å². The van der Waals surface area contributed by atoms with Gasteiger partial charge in [0.15, 0.2) is 0 Å². The minimum absolute atomic E-state index is 0.123. The van der Waals surface area contributed by atoms with Gasteiger partial charge in [0.1, 0.15) is 5.75 Å². The van der Waals surface area contributed by atoms with Crippen molar-refractivity contribution in [2.45, 2.75) is 31.7 Å². The third kappa shape index (κ3) is 4.81. The van der Waals surface area contributed by atoms with Crippen molar-refractivity contribution in [3.8, 4) is 5.75 Å². The van der Waals surface area contributed by atoms with Gasteiger partial charge >= 0.3 is 0 Å². The van der Waals surface area contributed by atoms with Crippen molar-refractivity contribution in [2.75, 3.05) is 53.6 Å². The molecule has 0 aliphatic carbocycles. The molecule has 0 spiro atoms. The summed E-state index contributed by atoms with van der Waals surface area (Å²) in [5, 5.41) is 6.61. The third-order valence-corrected chi connectivity index (χ3v) is 5.98. The average Bonchev–Trinajstić information content (AvgIpc) is 3.23. The lowest BCUT2D eigenvalue weighted by Crippen LogP contribution is -2.51. The van der Waals surface area contributed by atoms with Gasteiger partial charge in [0.25, 0.3) is 0 Å². The van der Waals surface area contributed by atoms with E-state index in [2.05, 4.69) is 27.7 Å². The van der Waals surface area contributed by atoms with Gasteiger partial charge in [0.2, 0.25) is 5.91 Å². The molecule has 3 rings (SSSR count). The fourth-order valence-corrected chi connectivity index (χ4v) is 4.36. The number of ether oxygens (including phenoxy) is 2. The van der Waals surface area contributed by atoms with E-state index < -0.39 is 5.41 Å². The molecule has 0 saturated carbocycles. The summed E-state index contributed by atoms with van der Waals surface area (Å²) in [4.78, 5) is 15.6. The molecule has 2 saturated heterocycles. The number of carbonyl (C=O) groups is 1. The van der Waals surface area contributed by atoms with Crippen molar-refractivity contribution in [3.63, 3.8) is 0 Å². The highest BCUT2D eigenvalue weighted by Gasteiger charge is 2.40. The monoisotopic (exact) mass is 375 g/mol. The molecule has 2 heterocycles. The Hall–Kier alpha value is -1.63. The number of benzene rings is 1. The van der Waals surface area contributed by atoms with E-state index in [1.54, 1.807) is 14.2 Å². The molecule has 2 fully saturated rings. The minimum Gasteiger partial charge on any atom is -0.497 e. The van der Waals surface area contributed by atoms with Crippen LogP contribution in [0.4, 0.5) is 0 Å². The summed E-state index contributed by atoms with van der Waals surface area (Å²) in [5.41, 5.74) is 0.784.